The maximum absolute atomic E-state index is 12.4. The maximum Gasteiger partial charge on any atom is 0.255 e. The summed E-state index contributed by atoms with van der Waals surface area (Å²) in [6.07, 6.45) is 2.17. The first-order valence-electron chi connectivity index (χ1n) is 6.03. The Morgan fingerprint density at radius 2 is 2.26 bits per heavy atom. The molecular weight excluding hydrogens is 351 g/mol. The summed E-state index contributed by atoms with van der Waals surface area (Å²) >= 11 is 9.29. The fraction of sp³-hybridized carbons (Fsp3) is 0.462. The highest BCUT2D eigenvalue weighted by atomic mass is 79.9. The molecule has 1 atom stereocenters. The molecule has 0 radical (unpaired) electrons. The first kappa shape index (κ1) is 16.8. The number of likely N-dealkylation sites (tertiary alicyclic amines) is 1. The van der Waals surface area contributed by atoms with Gasteiger partial charge in [-0.3, -0.25) is 4.79 Å². The Balaban J connectivity index is 0.00000180. The Bertz CT molecular complexity index is 456. The zero-order chi connectivity index (χ0) is 13.1. The Morgan fingerprint density at radius 3 is 2.89 bits per heavy atom. The fourth-order valence-electron chi connectivity index (χ4n) is 2.23. The van der Waals surface area contributed by atoms with Crippen LogP contribution in [0.3, 0.4) is 0 Å². The average molecular weight is 368 g/mol. The van der Waals surface area contributed by atoms with Gasteiger partial charge in [0.25, 0.3) is 5.91 Å². The number of halogens is 3. The second-order valence-electron chi connectivity index (χ2n) is 4.50. The van der Waals surface area contributed by atoms with E-state index in [1.165, 1.54) is 0 Å². The van der Waals surface area contributed by atoms with Crippen LogP contribution >= 0.6 is 39.9 Å². The second kappa shape index (κ2) is 7.48. The van der Waals surface area contributed by atoms with Crippen LogP contribution in [0, 0.1) is 0 Å². The first-order valence-corrected chi connectivity index (χ1v) is 7.20. The van der Waals surface area contributed by atoms with Crippen LogP contribution in [0.1, 0.15) is 23.2 Å². The van der Waals surface area contributed by atoms with Crippen LogP contribution in [-0.4, -0.2) is 37.0 Å². The molecule has 1 amide bonds. The van der Waals surface area contributed by atoms with Crippen LogP contribution in [0.5, 0.6) is 0 Å². The van der Waals surface area contributed by atoms with Gasteiger partial charge in [-0.2, -0.15) is 0 Å². The van der Waals surface area contributed by atoms with Crippen molar-refractivity contribution < 1.29 is 4.79 Å². The van der Waals surface area contributed by atoms with Gasteiger partial charge in [-0.25, -0.2) is 0 Å². The normalized spacial score (nSPS) is 18.9. The predicted octanol–water partition coefficient (Wildman–Crippen LogP) is 3.35. The van der Waals surface area contributed by atoms with E-state index in [-0.39, 0.29) is 18.3 Å². The number of hydrogen-bond donors (Lipinski definition) is 1. The number of benzene rings is 1. The van der Waals surface area contributed by atoms with Crippen molar-refractivity contribution in [3.63, 3.8) is 0 Å². The number of carbonyl (C=O) groups excluding carboxylic acids is 1. The van der Waals surface area contributed by atoms with Crippen molar-refractivity contribution in [1.82, 2.24) is 10.2 Å². The van der Waals surface area contributed by atoms with Crippen LogP contribution in [0.25, 0.3) is 0 Å². The van der Waals surface area contributed by atoms with Crippen LogP contribution in [-0.2, 0) is 0 Å². The van der Waals surface area contributed by atoms with Crippen molar-refractivity contribution in [2.24, 2.45) is 0 Å². The number of nitrogens with one attached hydrogen (secondary N) is 1. The Hall–Kier alpha value is -0.290. The van der Waals surface area contributed by atoms with E-state index in [0.717, 1.165) is 30.4 Å². The molecule has 1 aliphatic rings. The smallest absolute Gasteiger partial charge is 0.255 e. The van der Waals surface area contributed by atoms with E-state index in [4.69, 9.17) is 11.6 Å². The quantitative estimate of drug-likeness (QED) is 0.869. The molecule has 1 unspecified atom stereocenters. The predicted molar refractivity (Wildman–Crippen MR) is 84.4 cm³/mol. The highest BCUT2D eigenvalue weighted by Crippen LogP contribution is 2.24. The maximum atomic E-state index is 12.4. The zero-order valence-electron chi connectivity index (χ0n) is 10.7. The summed E-state index contributed by atoms with van der Waals surface area (Å²) < 4.78 is 0.756. The molecule has 19 heavy (non-hydrogen) atoms. The molecule has 0 spiro atoms. The van der Waals surface area contributed by atoms with Crippen LogP contribution in [0.2, 0.25) is 5.02 Å². The van der Waals surface area contributed by atoms with Crippen molar-refractivity contribution >= 4 is 45.8 Å². The number of hydrogen-bond acceptors (Lipinski definition) is 2. The fourth-order valence-corrected chi connectivity index (χ4v) is 3.08. The van der Waals surface area contributed by atoms with Gasteiger partial charge in [0.15, 0.2) is 0 Å². The van der Waals surface area contributed by atoms with E-state index in [1.807, 2.05) is 11.9 Å². The largest absolute Gasteiger partial charge is 0.337 e. The molecule has 0 aliphatic carbocycles. The lowest BCUT2D eigenvalue weighted by atomic mass is 10.0. The molecule has 0 bridgehead atoms. The third-order valence-corrected chi connectivity index (χ3v) is 4.17. The molecule has 3 nitrogen and oxygen atoms in total. The number of rotatable bonds is 2. The van der Waals surface area contributed by atoms with Crippen molar-refractivity contribution in [1.29, 1.82) is 0 Å². The minimum absolute atomic E-state index is 0. The lowest BCUT2D eigenvalue weighted by Crippen LogP contribution is -2.47. The molecule has 1 N–H and O–H groups in total. The molecule has 2 rings (SSSR count). The van der Waals surface area contributed by atoms with Crippen LogP contribution in [0.4, 0.5) is 0 Å². The summed E-state index contributed by atoms with van der Waals surface area (Å²) in [7, 11) is 1.94. The second-order valence-corrected chi connectivity index (χ2v) is 5.79. The van der Waals surface area contributed by atoms with Gasteiger partial charge in [-0.1, -0.05) is 11.6 Å². The lowest BCUT2D eigenvalue weighted by Gasteiger charge is -2.32. The molecule has 1 heterocycles. The zero-order valence-corrected chi connectivity index (χ0v) is 13.8. The molecule has 0 aromatic heterocycles. The molecule has 1 fully saturated rings. The molecule has 106 valence electrons. The minimum atomic E-state index is 0. The van der Waals surface area contributed by atoms with E-state index >= 15 is 0 Å². The number of amides is 1. The van der Waals surface area contributed by atoms with Crippen molar-refractivity contribution in [2.75, 3.05) is 20.1 Å². The van der Waals surface area contributed by atoms with Gasteiger partial charge >= 0.3 is 0 Å². The molecule has 0 saturated carbocycles. The van der Waals surface area contributed by atoms with Gasteiger partial charge in [0.1, 0.15) is 0 Å². The van der Waals surface area contributed by atoms with E-state index in [0.29, 0.717) is 16.6 Å². The van der Waals surface area contributed by atoms with Gasteiger partial charge < -0.3 is 10.2 Å². The Morgan fingerprint density at radius 1 is 1.53 bits per heavy atom. The summed E-state index contributed by atoms with van der Waals surface area (Å²) in [5.41, 5.74) is 0.677. The summed E-state index contributed by atoms with van der Waals surface area (Å²) in [6, 6.07) is 5.68. The molecule has 1 saturated heterocycles. The molecule has 6 heteroatoms. The minimum Gasteiger partial charge on any atom is -0.337 e. The van der Waals surface area contributed by atoms with Gasteiger partial charge in [-0.05, 0) is 54.0 Å². The van der Waals surface area contributed by atoms with E-state index < -0.39 is 0 Å². The lowest BCUT2D eigenvalue weighted by molar-refractivity contribution is 0.0697. The summed E-state index contributed by atoms with van der Waals surface area (Å²) in [5, 5.41) is 3.87. The van der Waals surface area contributed by atoms with E-state index in [2.05, 4.69) is 21.2 Å². The topological polar surface area (TPSA) is 32.3 Å². The SMILES string of the molecule is CNC1CCCN(C(=O)c2ccc(Cl)cc2Br)C1.Cl. The van der Waals surface area contributed by atoms with Crippen LogP contribution < -0.4 is 5.32 Å². The molecule has 1 aliphatic heterocycles. The monoisotopic (exact) mass is 366 g/mol. The molecule has 1 aromatic rings. The van der Waals surface area contributed by atoms with Gasteiger partial charge in [0.05, 0.1) is 5.56 Å². The highest BCUT2D eigenvalue weighted by molar-refractivity contribution is 9.10. The molecular formula is C13H17BrCl2N2O. The van der Waals surface area contributed by atoms with Crippen molar-refractivity contribution in [3.8, 4) is 0 Å². The number of likely N-dealkylation sites (N-methyl/N-ethyl adjacent to an activating group) is 1. The van der Waals surface area contributed by atoms with Gasteiger partial charge in [0.2, 0.25) is 0 Å². The van der Waals surface area contributed by atoms with Crippen molar-refractivity contribution in [3.05, 3.63) is 33.3 Å². The highest BCUT2D eigenvalue weighted by Gasteiger charge is 2.24. The summed E-state index contributed by atoms with van der Waals surface area (Å²) in [5.74, 6) is 0.0680. The number of nitrogens with zero attached hydrogens (tertiary/aromatic N) is 1. The number of carbonyl (C=O) groups is 1. The van der Waals surface area contributed by atoms with Gasteiger partial charge in [0, 0.05) is 28.6 Å². The summed E-state index contributed by atoms with van der Waals surface area (Å²) in [6.45, 7) is 1.59. The Kier molecular flexibility index (Phi) is 6.60. The number of piperidine rings is 1. The summed E-state index contributed by atoms with van der Waals surface area (Å²) in [4.78, 5) is 14.3. The van der Waals surface area contributed by atoms with Gasteiger partial charge in [-0.15, -0.1) is 12.4 Å². The van der Waals surface area contributed by atoms with E-state index in [9.17, 15) is 4.79 Å². The Labute approximate surface area is 133 Å². The third kappa shape index (κ3) is 4.09. The standard InChI is InChI=1S/C13H16BrClN2O.ClH/c1-16-10-3-2-6-17(8-10)13(18)11-5-4-9(15)7-12(11)14;/h4-5,7,10,16H,2-3,6,8H2,1H3;1H. The average Bonchev–Trinajstić information content (AvgIpc) is 2.38. The first-order chi connectivity index (χ1) is 8.61. The van der Waals surface area contributed by atoms with Crippen LogP contribution in [0.15, 0.2) is 22.7 Å². The third-order valence-electron chi connectivity index (χ3n) is 3.28. The van der Waals surface area contributed by atoms with E-state index in [1.54, 1.807) is 18.2 Å². The molecule has 1 aromatic carbocycles. The van der Waals surface area contributed by atoms with Crippen molar-refractivity contribution in [2.45, 2.75) is 18.9 Å².